The smallest absolute Gasteiger partial charge is 0.237 e. The molecule has 1 amide bonds. The van der Waals surface area contributed by atoms with E-state index in [1.54, 1.807) is 14.0 Å². The van der Waals surface area contributed by atoms with E-state index < -0.39 is 9.84 Å². The first-order chi connectivity index (χ1) is 7.98. The molecule has 0 aromatic heterocycles. The van der Waals surface area contributed by atoms with Crippen molar-refractivity contribution in [1.82, 2.24) is 10.6 Å². The number of ether oxygens (including phenoxy) is 1. The van der Waals surface area contributed by atoms with Gasteiger partial charge in [-0.3, -0.25) is 4.79 Å². The third-order valence-corrected chi connectivity index (χ3v) is 4.60. The molecule has 1 aliphatic rings. The molecule has 1 rings (SSSR count). The van der Waals surface area contributed by atoms with Crippen LogP contribution in [-0.4, -0.2) is 58.2 Å². The Balaban J connectivity index is 2.27. The highest BCUT2D eigenvalue weighted by Gasteiger charge is 2.29. The zero-order valence-corrected chi connectivity index (χ0v) is 11.0. The first-order valence-electron chi connectivity index (χ1n) is 5.73. The van der Waals surface area contributed by atoms with Crippen molar-refractivity contribution >= 4 is 15.7 Å². The minimum absolute atomic E-state index is 0.00430. The summed E-state index contributed by atoms with van der Waals surface area (Å²) in [7, 11) is -1.40. The van der Waals surface area contributed by atoms with E-state index in [4.69, 9.17) is 4.74 Å². The predicted molar refractivity (Wildman–Crippen MR) is 64.5 cm³/mol. The van der Waals surface area contributed by atoms with E-state index in [1.807, 2.05) is 0 Å². The lowest BCUT2D eigenvalue weighted by atomic mass is 10.2. The van der Waals surface area contributed by atoms with Gasteiger partial charge in [0.2, 0.25) is 5.91 Å². The fraction of sp³-hybridized carbons (Fsp3) is 0.900. The molecule has 2 atom stereocenters. The molecule has 0 aliphatic carbocycles. The number of amides is 1. The summed E-state index contributed by atoms with van der Waals surface area (Å²) in [6.07, 6.45) is 0.688. The molecule has 2 N–H and O–H groups in total. The second-order valence-corrected chi connectivity index (χ2v) is 6.55. The second kappa shape index (κ2) is 6.32. The standard InChI is InChI=1S/C10H20N2O4S/c1-3-17(14,15)5-4-11-10(13)9-6-8(16-2)7-12-9/h8-9,12H,3-7H2,1-2H3,(H,11,13). The molecule has 100 valence electrons. The van der Waals surface area contributed by atoms with Crippen molar-refractivity contribution < 1.29 is 17.9 Å². The molecule has 1 heterocycles. The number of rotatable bonds is 6. The van der Waals surface area contributed by atoms with Crippen LogP contribution in [0.4, 0.5) is 0 Å². The van der Waals surface area contributed by atoms with E-state index in [0.717, 1.165) is 0 Å². The molecule has 0 radical (unpaired) electrons. The van der Waals surface area contributed by atoms with Crippen LogP contribution in [0.25, 0.3) is 0 Å². The van der Waals surface area contributed by atoms with Gasteiger partial charge in [0.15, 0.2) is 9.84 Å². The van der Waals surface area contributed by atoms with E-state index in [2.05, 4.69) is 10.6 Å². The molecular formula is C10H20N2O4S. The van der Waals surface area contributed by atoms with Crippen molar-refractivity contribution in [3.8, 4) is 0 Å². The number of nitrogens with one attached hydrogen (secondary N) is 2. The van der Waals surface area contributed by atoms with Gasteiger partial charge >= 0.3 is 0 Å². The molecule has 6 nitrogen and oxygen atoms in total. The van der Waals surface area contributed by atoms with E-state index in [1.165, 1.54) is 0 Å². The van der Waals surface area contributed by atoms with Crippen LogP contribution in [0.2, 0.25) is 0 Å². The third-order valence-electron chi connectivity index (χ3n) is 2.89. The number of hydrogen-bond donors (Lipinski definition) is 2. The van der Waals surface area contributed by atoms with Crippen molar-refractivity contribution in [3.63, 3.8) is 0 Å². The van der Waals surface area contributed by atoms with E-state index >= 15 is 0 Å². The minimum atomic E-state index is -3.01. The summed E-state index contributed by atoms with van der Waals surface area (Å²) in [6.45, 7) is 2.42. The van der Waals surface area contributed by atoms with Gasteiger partial charge in [-0.15, -0.1) is 0 Å². The van der Waals surface area contributed by atoms with Gasteiger partial charge in [0.1, 0.15) is 0 Å². The Morgan fingerprint density at radius 1 is 1.53 bits per heavy atom. The van der Waals surface area contributed by atoms with Gasteiger partial charge < -0.3 is 15.4 Å². The number of methoxy groups -OCH3 is 1. The van der Waals surface area contributed by atoms with Crippen LogP contribution in [0.1, 0.15) is 13.3 Å². The topological polar surface area (TPSA) is 84.5 Å². The predicted octanol–water partition coefficient (Wildman–Crippen LogP) is -1.09. The highest BCUT2D eigenvalue weighted by molar-refractivity contribution is 7.91. The van der Waals surface area contributed by atoms with Gasteiger partial charge in [-0.05, 0) is 6.42 Å². The van der Waals surface area contributed by atoms with Crippen molar-refractivity contribution in [1.29, 1.82) is 0 Å². The van der Waals surface area contributed by atoms with Gasteiger partial charge in [-0.25, -0.2) is 8.42 Å². The fourth-order valence-corrected chi connectivity index (χ4v) is 2.38. The average molecular weight is 264 g/mol. The molecular weight excluding hydrogens is 244 g/mol. The van der Waals surface area contributed by atoms with Gasteiger partial charge in [0.05, 0.1) is 17.9 Å². The zero-order chi connectivity index (χ0) is 12.9. The van der Waals surface area contributed by atoms with E-state index in [9.17, 15) is 13.2 Å². The van der Waals surface area contributed by atoms with E-state index in [0.29, 0.717) is 13.0 Å². The van der Waals surface area contributed by atoms with Crippen LogP contribution in [0.15, 0.2) is 0 Å². The van der Waals surface area contributed by atoms with E-state index in [-0.39, 0.29) is 36.1 Å². The summed E-state index contributed by atoms with van der Waals surface area (Å²) in [6, 6.07) is -0.274. The largest absolute Gasteiger partial charge is 0.380 e. The maximum Gasteiger partial charge on any atom is 0.237 e. The molecule has 1 aliphatic heterocycles. The highest BCUT2D eigenvalue weighted by Crippen LogP contribution is 2.09. The lowest BCUT2D eigenvalue weighted by Gasteiger charge is -2.11. The Morgan fingerprint density at radius 2 is 2.24 bits per heavy atom. The Labute approximate surface area is 102 Å². The quantitative estimate of drug-likeness (QED) is 0.637. The monoisotopic (exact) mass is 264 g/mol. The Bertz CT molecular complexity index is 355. The Kier molecular flexibility index (Phi) is 5.35. The van der Waals surface area contributed by atoms with Crippen molar-refractivity contribution in [2.45, 2.75) is 25.5 Å². The van der Waals surface area contributed by atoms with Gasteiger partial charge in [-0.2, -0.15) is 0 Å². The summed E-state index contributed by atoms with van der Waals surface area (Å²) in [5.74, 6) is -0.0535. The molecule has 0 aromatic carbocycles. The van der Waals surface area contributed by atoms with Crippen LogP contribution < -0.4 is 10.6 Å². The van der Waals surface area contributed by atoms with Crippen LogP contribution >= 0.6 is 0 Å². The van der Waals surface area contributed by atoms with Crippen LogP contribution in [-0.2, 0) is 19.4 Å². The third kappa shape index (κ3) is 4.61. The molecule has 0 bridgehead atoms. The Morgan fingerprint density at radius 3 is 2.76 bits per heavy atom. The first kappa shape index (κ1) is 14.4. The number of carbonyl (C=O) groups excluding carboxylic acids is 1. The molecule has 17 heavy (non-hydrogen) atoms. The molecule has 2 unspecified atom stereocenters. The zero-order valence-electron chi connectivity index (χ0n) is 10.2. The number of sulfone groups is 1. The molecule has 0 saturated carbocycles. The lowest BCUT2D eigenvalue weighted by Crippen LogP contribution is -2.42. The average Bonchev–Trinajstić information content (AvgIpc) is 2.77. The summed E-state index contributed by atoms with van der Waals surface area (Å²) >= 11 is 0. The van der Waals surface area contributed by atoms with Gasteiger partial charge in [-0.1, -0.05) is 6.92 Å². The fourth-order valence-electron chi connectivity index (χ4n) is 1.68. The van der Waals surface area contributed by atoms with Crippen LogP contribution in [0.3, 0.4) is 0 Å². The van der Waals surface area contributed by atoms with Crippen molar-refractivity contribution in [2.75, 3.05) is 31.7 Å². The van der Waals surface area contributed by atoms with Crippen LogP contribution in [0, 0.1) is 0 Å². The van der Waals surface area contributed by atoms with Crippen molar-refractivity contribution in [2.24, 2.45) is 0 Å². The summed E-state index contributed by atoms with van der Waals surface area (Å²) in [5.41, 5.74) is 0. The summed E-state index contributed by atoms with van der Waals surface area (Å²) in [5, 5.41) is 5.66. The molecule has 0 spiro atoms. The van der Waals surface area contributed by atoms with Crippen molar-refractivity contribution in [3.05, 3.63) is 0 Å². The molecule has 1 fully saturated rings. The summed E-state index contributed by atoms with van der Waals surface area (Å²) in [4.78, 5) is 11.7. The van der Waals surface area contributed by atoms with Gasteiger partial charge in [0.25, 0.3) is 0 Å². The number of carbonyl (C=O) groups is 1. The number of hydrogen-bond acceptors (Lipinski definition) is 5. The lowest BCUT2D eigenvalue weighted by molar-refractivity contribution is -0.122. The van der Waals surface area contributed by atoms with Gasteiger partial charge in [0, 0.05) is 26.0 Å². The normalized spacial score (nSPS) is 24.8. The molecule has 1 saturated heterocycles. The second-order valence-electron chi connectivity index (χ2n) is 4.08. The maximum atomic E-state index is 11.7. The summed E-state index contributed by atoms with van der Waals surface area (Å²) < 4.78 is 27.6. The Hall–Kier alpha value is -0.660. The first-order valence-corrected chi connectivity index (χ1v) is 7.55. The van der Waals surface area contributed by atoms with Crippen LogP contribution in [0.5, 0.6) is 0 Å². The molecule has 0 aromatic rings. The SMILES string of the molecule is CCS(=O)(=O)CCNC(=O)C1CC(OC)CN1. The molecule has 7 heteroatoms. The highest BCUT2D eigenvalue weighted by atomic mass is 32.2. The minimum Gasteiger partial charge on any atom is -0.380 e. The maximum absolute atomic E-state index is 11.7.